The van der Waals surface area contributed by atoms with Gasteiger partial charge in [-0.1, -0.05) is 11.3 Å². The van der Waals surface area contributed by atoms with Crippen molar-refractivity contribution >= 4 is 38.3 Å². The third-order valence-corrected chi connectivity index (χ3v) is 4.17. The Morgan fingerprint density at radius 2 is 1.62 bits per heavy atom. The lowest BCUT2D eigenvalue weighted by Gasteiger charge is -2.07. The molecule has 0 unspecified atom stereocenters. The van der Waals surface area contributed by atoms with Gasteiger partial charge in [0.2, 0.25) is 5.82 Å². The highest BCUT2D eigenvalue weighted by molar-refractivity contribution is 7.22. The zero-order valence-corrected chi connectivity index (χ0v) is 13.0. The number of nitro groups is 1. The molecule has 0 aliphatic carbocycles. The van der Waals surface area contributed by atoms with Crippen LogP contribution in [0.5, 0.6) is 0 Å². The van der Waals surface area contributed by atoms with E-state index < -0.39 is 45.5 Å². The molecular formula is C14H4F5N3O3S. The topological polar surface area (TPSA) is 85.1 Å². The van der Waals surface area contributed by atoms with Crippen LogP contribution in [0.4, 0.5) is 32.8 Å². The summed E-state index contributed by atoms with van der Waals surface area (Å²) >= 11 is 0.721. The number of nitrogens with zero attached hydrogens (tertiary/aromatic N) is 2. The highest BCUT2D eigenvalue weighted by Crippen LogP contribution is 2.30. The maximum Gasteiger partial charge on any atom is 0.270 e. The molecule has 0 aliphatic rings. The average molecular weight is 389 g/mol. The van der Waals surface area contributed by atoms with Crippen molar-refractivity contribution in [3.8, 4) is 0 Å². The first-order valence-electron chi connectivity index (χ1n) is 6.58. The molecule has 1 aromatic heterocycles. The van der Waals surface area contributed by atoms with Gasteiger partial charge < -0.3 is 0 Å². The number of nitro benzene ring substituents is 1. The molecule has 1 N–H and O–H groups in total. The minimum Gasteiger partial charge on any atom is -0.298 e. The second-order valence-electron chi connectivity index (χ2n) is 4.83. The molecule has 0 spiro atoms. The van der Waals surface area contributed by atoms with E-state index in [0.717, 1.165) is 23.5 Å². The van der Waals surface area contributed by atoms with Crippen LogP contribution in [0.2, 0.25) is 0 Å². The lowest BCUT2D eigenvalue weighted by atomic mass is 10.1. The van der Waals surface area contributed by atoms with E-state index in [1.54, 1.807) is 0 Å². The van der Waals surface area contributed by atoms with Gasteiger partial charge in [0.1, 0.15) is 5.56 Å². The molecule has 134 valence electrons. The summed E-state index contributed by atoms with van der Waals surface area (Å²) < 4.78 is 66.9. The van der Waals surface area contributed by atoms with Crippen LogP contribution < -0.4 is 5.32 Å². The summed E-state index contributed by atoms with van der Waals surface area (Å²) in [6.07, 6.45) is 0. The standard InChI is InChI=1S/C14H4F5N3O3S/c15-8-7(9(16)11(18)12(19)10(8)17)13(23)21-14-20-5-2-1-4(22(24)25)3-6(5)26-14/h1-3H,(H,20,21,23). The zero-order chi connectivity index (χ0) is 19.2. The summed E-state index contributed by atoms with van der Waals surface area (Å²) in [7, 11) is 0. The Hall–Kier alpha value is -3.15. The largest absolute Gasteiger partial charge is 0.298 e. The first kappa shape index (κ1) is 17.7. The van der Waals surface area contributed by atoms with Gasteiger partial charge in [-0.25, -0.2) is 26.9 Å². The lowest BCUT2D eigenvalue weighted by Crippen LogP contribution is -2.19. The van der Waals surface area contributed by atoms with Crippen molar-refractivity contribution in [1.82, 2.24) is 4.98 Å². The van der Waals surface area contributed by atoms with Crippen LogP contribution in [0.15, 0.2) is 18.2 Å². The molecule has 0 aliphatic heterocycles. The third kappa shape index (κ3) is 2.83. The molecule has 26 heavy (non-hydrogen) atoms. The van der Waals surface area contributed by atoms with Crippen LogP contribution in [0, 0.1) is 39.2 Å². The predicted molar refractivity (Wildman–Crippen MR) is 80.5 cm³/mol. The van der Waals surface area contributed by atoms with Crippen LogP contribution in [-0.4, -0.2) is 15.8 Å². The normalized spacial score (nSPS) is 11.0. The maximum atomic E-state index is 13.6. The van der Waals surface area contributed by atoms with Crippen molar-refractivity contribution in [2.24, 2.45) is 0 Å². The Morgan fingerprint density at radius 1 is 1.04 bits per heavy atom. The molecule has 0 atom stereocenters. The monoisotopic (exact) mass is 389 g/mol. The third-order valence-electron chi connectivity index (χ3n) is 3.24. The van der Waals surface area contributed by atoms with Gasteiger partial charge in [0.15, 0.2) is 28.4 Å². The highest BCUT2D eigenvalue weighted by atomic mass is 32.1. The van der Waals surface area contributed by atoms with Gasteiger partial charge in [0.25, 0.3) is 11.6 Å². The number of carbonyl (C=O) groups excluding carboxylic acids is 1. The Kier molecular flexibility index (Phi) is 4.28. The highest BCUT2D eigenvalue weighted by Gasteiger charge is 2.30. The molecule has 1 amide bonds. The Labute approximate surface area is 144 Å². The van der Waals surface area contributed by atoms with Crippen molar-refractivity contribution in [1.29, 1.82) is 0 Å². The molecule has 12 heteroatoms. The van der Waals surface area contributed by atoms with E-state index in [1.165, 1.54) is 6.07 Å². The molecule has 0 radical (unpaired) electrons. The first-order valence-corrected chi connectivity index (χ1v) is 7.40. The van der Waals surface area contributed by atoms with Gasteiger partial charge in [-0.2, -0.15) is 0 Å². The fraction of sp³-hybridized carbons (Fsp3) is 0. The number of hydrogen-bond acceptors (Lipinski definition) is 5. The Bertz CT molecular complexity index is 1060. The SMILES string of the molecule is O=C(Nc1nc2ccc([N+](=O)[O-])cc2s1)c1c(F)c(F)c(F)c(F)c1F. The maximum absolute atomic E-state index is 13.6. The number of thiazole rings is 1. The molecule has 0 bridgehead atoms. The lowest BCUT2D eigenvalue weighted by molar-refractivity contribution is -0.384. The van der Waals surface area contributed by atoms with Crippen molar-refractivity contribution < 1.29 is 31.7 Å². The van der Waals surface area contributed by atoms with Crippen LogP contribution in [0.3, 0.4) is 0 Å². The zero-order valence-electron chi connectivity index (χ0n) is 12.1. The second-order valence-corrected chi connectivity index (χ2v) is 5.86. The van der Waals surface area contributed by atoms with Crippen molar-refractivity contribution in [2.45, 2.75) is 0 Å². The number of anilines is 1. The fourth-order valence-electron chi connectivity index (χ4n) is 2.04. The summed E-state index contributed by atoms with van der Waals surface area (Å²) in [5.74, 6) is -13.1. The van der Waals surface area contributed by atoms with E-state index in [2.05, 4.69) is 4.98 Å². The smallest absolute Gasteiger partial charge is 0.270 e. The Balaban J connectivity index is 1.98. The summed E-state index contributed by atoms with van der Waals surface area (Å²) in [4.78, 5) is 25.8. The van der Waals surface area contributed by atoms with E-state index in [0.29, 0.717) is 0 Å². The van der Waals surface area contributed by atoms with Gasteiger partial charge in [-0.3, -0.25) is 20.2 Å². The second kappa shape index (κ2) is 6.29. The van der Waals surface area contributed by atoms with Gasteiger partial charge in [0.05, 0.1) is 15.1 Å². The number of benzene rings is 2. The van der Waals surface area contributed by atoms with E-state index in [-0.39, 0.29) is 21.0 Å². The number of amides is 1. The molecule has 6 nitrogen and oxygen atoms in total. The Morgan fingerprint density at radius 3 is 2.19 bits per heavy atom. The number of rotatable bonds is 3. The van der Waals surface area contributed by atoms with Crippen molar-refractivity contribution in [3.05, 3.63) is 63.0 Å². The quantitative estimate of drug-likeness (QED) is 0.240. The number of hydrogen-bond donors (Lipinski definition) is 1. The molecule has 3 rings (SSSR count). The van der Waals surface area contributed by atoms with Gasteiger partial charge in [-0.05, 0) is 6.07 Å². The van der Waals surface area contributed by atoms with Crippen molar-refractivity contribution in [2.75, 3.05) is 5.32 Å². The summed E-state index contributed by atoms with van der Waals surface area (Å²) in [6, 6.07) is 3.58. The molecule has 0 saturated carbocycles. The number of carbonyl (C=O) groups is 1. The fourth-order valence-corrected chi connectivity index (χ4v) is 2.94. The minimum atomic E-state index is -2.39. The molecule has 2 aromatic carbocycles. The number of nitrogens with one attached hydrogen (secondary N) is 1. The summed E-state index contributed by atoms with van der Waals surface area (Å²) in [5.41, 5.74) is -1.68. The van der Waals surface area contributed by atoms with E-state index >= 15 is 0 Å². The number of non-ortho nitro benzene ring substituents is 1. The molecular weight excluding hydrogens is 385 g/mol. The molecule has 3 aromatic rings. The molecule has 0 fully saturated rings. The number of halogens is 5. The van der Waals surface area contributed by atoms with Gasteiger partial charge >= 0.3 is 0 Å². The number of aromatic nitrogens is 1. The summed E-state index contributed by atoms with van der Waals surface area (Å²) in [6.45, 7) is 0. The average Bonchev–Trinajstić information content (AvgIpc) is 2.99. The van der Waals surface area contributed by atoms with Crippen LogP contribution in [-0.2, 0) is 0 Å². The van der Waals surface area contributed by atoms with E-state index in [4.69, 9.17) is 0 Å². The van der Waals surface area contributed by atoms with Crippen molar-refractivity contribution in [3.63, 3.8) is 0 Å². The van der Waals surface area contributed by atoms with E-state index in [1.807, 2.05) is 5.32 Å². The van der Waals surface area contributed by atoms with Crippen LogP contribution in [0.1, 0.15) is 10.4 Å². The predicted octanol–water partition coefficient (Wildman–Crippen LogP) is 4.15. The molecule has 0 saturated heterocycles. The van der Waals surface area contributed by atoms with E-state index in [9.17, 15) is 36.9 Å². The van der Waals surface area contributed by atoms with Gasteiger partial charge in [0, 0.05) is 12.1 Å². The first-order chi connectivity index (χ1) is 12.2. The van der Waals surface area contributed by atoms with Gasteiger partial charge in [-0.15, -0.1) is 0 Å². The van der Waals surface area contributed by atoms with Crippen LogP contribution in [0.25, 0.3) is 10.2 Å². The van der Waals surface area contributed by atoms with Crippen LogP contribution >= 0.6 is 11.3 Å². The summed E-state index contributed by atoms with van der Waals surface area (Å²) in [5, 5.41) is 12.4. The number of fused-ring (bicyclic) bond motifs is 1. The molecule has 1 heterocycles. The minimum absolute atomic E-state index is 0.230.